The van der Waals surface area contributed by atoms with Gasteiger partial charge in [0.25, 0.3) is 11.5 Å². The summed E-state index contributed by atoms with van der Waals surface area (Å²) in [6, 6.07) is 20.8. The molecule has 5 rings (SSSR count). The van der Waals surface area contributed by atoms with Crippen LogP contribution in [0.3, 0.4) is 0 Å². The Kier molecular flexibility index (Phi) is 4.51. The topological polar surface area (TPSA) is 64.0 Å². The summed E-state index contributed by atoms with van der Waals surface area (Å²) in [4.78, 5) is 31.0. The second-order valence-electron chi connectivity index (χ2n) is 7.12. The number of para-hydroxylation sites is 2. The first-order chi connectivity index (χ1) is 14.5. The first-order valence-electron chi connectivity index (χ1n) is 9.44. The molecule has 0 bridgehead atoms. The molecule has 1 N–H and O–H groups in total. The summed E-state index contributed by atoms with van der Waals surface area (Å²) in [5.74, 6) is 0.217. The third-order valence-corrected chi connectivity index (χ3v) is 5.87. The second-order valence-corrected chi connectivity index (χ2v) is 8.36. The smallest absolute Gasteiger partial charge is 0.266 e. The number of carbonyl (C=O) groups is 1. The molecule has 0 unspecified atom stereocenters. The van der Waals surface area contributed by atoms with Gasteiger partial charge in [0.1, 0.15) is 5.82 Å². The molecule has 0 atom stereocenters. The number of aromatic nitrogens is 2. The lowest BCUT2D eigenvalue weighted by Crippen LogP contribution is -2.23. The molecule has 4 aromatic rings. The average Bonchev–Trinajstić information content (AvgIpc) is 3.05. The number of halogens is 1. The number of hydrogen-bond acceptors (Lipinski definition) is 3. The molecule has 1 aromatic heterocycles. The molecule has 0 aliphatic carbocycles. The van der Waals surface area contributed by atoms with Gasteiger partial charge in [0, 0.05) is 14.8 Å². The molecule has 6 heteroatoms. The van der Waals surface area contributed by atoms with Crippen LogP contribution in [0.4, 0.5) is 5.69 Å². The molecule has 0 fully saturated rings. The summed E-state index contributed by atoms with van der Waals surface area (Å²) in [6.45, 7) is 1.95. The Bertz CT molecular complexity index is 1440. The van der Waals surface area contributed by atoms with E-state index in [0.717, 1.165) is 26.1 Å². The molecule has 1 aliphatic heterocycles. The van der Waals surface area contributed by atoms with Crippen LogP contribution in [0.1, 0.15) is 17.0 Å². The molecule has 1 amide bonds. The standard InChI is InChI=1S/C24H16IN3O2/c1-14-6-2-5-9-21(14)28-22(26-20-11-10-15(25)12-18(20)24(28)30)13-17-16-7-3-4-8-19(16)27-23(17)29/h2-13H,1H3,(H,27,29). The molecule has 0 saturated carbocycles. The number of benzene rings is 3. The van der Waals surface area contributed by atoms with Gasteiger partial charge in [0.2, 0.25) is 0 Å². The third kappa shape index (κ3) is 3.04. The fraction of sp³-hybridized carbons (Fsp3) is 0.0417. The Hall–Kier alpha value is -3.26. The number of fused-ring (bicyclic) bond motifs is 2. The zero-order chi connectivity index (χ0) is 20.8. The van der Waals surface area contributed by atoms with Crippen molar-refractivity contribution in [2.24, 2.45) is 0 Å². The first-order valence-corrected chi connectivity index (χ1v) is 10.5. The van der Waals surface area contributed by atoms with Crippen molar-refractivity contribution in [1.29, 1.82) is 0 Å². The fourth-order valence-corrected chi connectivity index (χ4v) is 4.22. The van der Waals surface area contributed by atoms with Crippen molar-refractivity contribution in [2.75, 3.05) is 5.32 Å². The predicted octanol–water partition coefficient (Wildman–Crippen LogP) is 4.79. The van der Waals surface area contributed by atoms with E-state index in [1.807, 2.05) is 73.7 Å². The zero-order valence-electron chi connectivity index (χ0n) is 16.0. The van der Waals surface area contributed by atoms with Crippen molar-refractivity contribution in [3.63, 3.8) is 0 Å². The molecule has 1 aliphatic rings. The van der Waals surface area contributed by atoms with Crippen LogP contribution in [0.25, 0.3) is 28.2 Å². The van der Waals surface area contributed by atoms with Crippen LogP contribution in [0.2, 0.25) is 0 Å². The number of hydrogen-bond donors (Lipinski definition) is 1. The highest BCUT2D eigenvalue weighted by atomic mass is 127. The molecule has 0 saturated heterocycles. The summed E-state index contributed by atoms with van der Waals surface area (Å²) in [7, 11) is 0. The lowest BCUT2D eigenvalue weighted by Gasteiger charge is -2.14. The second kappa shape index (κ2) is 7.21. The molecule has 3 aromatic carbocycles. The summed E-state index contributed by atoms with van der Waals surface area (Å²) in [6.07, 6.45) is 1.70. The molecule has 5 nitrogen and oxygen atoms in total. The van der Waals surface area contributed by atoms with E-state index < -0.39 is 0 Å². The number of anilines is 1. The molecule has 146 valence electrons. The zero-order valence-corrected chi connectivity index (χ0v) is 18.2. The van der Waals surface area contributed by atoms with Crippen molar-refractivity contribution in [3.05, 3.63) is 97.6 Å². The SMILES string of the molecule is Cc1ccccc1-n1c(C=C2C(=O)Nc3ccccc32)nc2ccc(I)cc2c1=O. The van der Waals surface area contributed by atoms with Gasteiger partial charge in [-0.3, -0.25) is 14.2 Å². The summed E-state index contributed by atoms with van der Waals surface area (Å²) in [5.41, 5.74) is 4.18. The maximum Gasteiger partial charge on any atom is 0.266 e. The number of aryl methyl sites for hydroxylation is 1. The van der Waals surface area contributed by atoms with Gasteiger partial charge < -0.3 is 5.32 Å². The van der Waals surface area contributed by atoms with Crippen molar-refractivity contribution >= 4 is 56.7 Å². The number of nitrogens with zero attached hydrogens (tertiary/aromatic N) is 2. The van der Waals surface area contributed by atoms with E-state index in [1.165, 1.54) is 0 Å². The van der Waals surface area contributed by atoms with Crippen molar-refractivity contribution < 1.29 is 4.79 Å². The summed E-state index contributed by atoms with van der Waals surface area (Å²) in [5, 5.41) is 3.42. The quantitative estimate of drug-likeness (QED) is 0.315. The monoisotopic (exact) mass is 505 g/mol. The molecular weight excluding hydrogens is 489 g/mol. The first kappa shape index (κ1) is 18.7. The summed E-state index contributed by atoms with van der Waals surface area (Å²) >= 11 is 2.19. The van der Waals surface area contributed by atoms with E-state index in [4.69, 9.17) is 4.98 Å². The van der Waals surface area contributed by atoms with Crippen molar-refractivity contribution in [2.45, 2.75) is 6.92 Å². The van der Waals surface area contributed by atoms with Gasteiger partial charge in [-0.15, -0.1) is 0 Å². The van der Waals surface area contributed by atoms with E-state index in [0.29, 0.717) is 22.3 Å². The molecule has 0 radical (unpaired) electrons. The maximum atomic E-state index is 13.5. The highest BCUT2D eigenvalue weighted by molar-refractivity contribution is 14.1. The van der Waals surface area contributed by atoms with E-state index in [-0.39, 0.29) is 11.5 Å². The third-order valence-electron chi connectivity index (χ3n) is 5.20. The minimum atomic E-state index is -0.204. The maximum absolute atomic E-state index is 13.5. The Morgan fingerprint density at radius 3 is 2.60 bits per heavy atom. The Balaban J connectivity index is 1.85. The number of carbonyl (C=O) groups excluding carboxylic acids is 1. The van der Waals surface area contributed by atoms with E-state index >= 15 is 0 Å². The highest BCUT2D eigenvalue weighted by Crippen LogP contribution is 2.33. The Morgan fingerprint density at radius 1 is 1.00 bits per heavy atom. The van der Waals surface area contributed by atoms with E-state index in [9.17, 15) is 9.59 Å². The Morgan fingerprint density at radius 2 is 1.77 bits per heavy atom. The molecule has 30 heavy (non-hydrogen) atoms. The van der Waals surface area contributed by atoms with Gasteiger partial charge in [0.05, 0.1) is 22.2 Å². The lowest BCUT2D eigenvalue weighted by atomic mass is 10.1. The van der Waals surface area contributed by atoms with Gasteiger partial charge in [0.15, 0.2) is 0 Å². The van der Waals surface area contributed by atoms with Gasteiger partial charge in [-0.2, -0.15) is 0 Å². The highest BCUT2D eigenvalue weighted by Gasteiger charge is 2.25. The molecule has 0 spiro atoms. The lowest BCUT2D eigenvalue weighted by molar-refractivity contribution is -0.110. The van der Waals surface area contributed by atoms with Gasteiger partial charge in [-0.25, -0.2) is 4.98 Å². The number of nitrogens with one attached hydrogen (secondary N) is 1. The van der Waals surface area contributed by atoms with Gasteiger partial charge in [-0.1, -0.05) is 36.4 Å². The van der Waals surface area contributed by atoms with Crippen LogP contribution in [0.5, 0.6) is 0 Å². The predicted molar refractivity (Wildman–Crippen MR) is 128 cm³/mol. The van der Waals surface area contributed by atoms with Crippen molar-refractivity contribution in [1.82, 2.24) is 9.55 Å². The minimum absolute atomic E-state index is 0.161. The normalized spacial score (nSPS) is 14.2. The minimum Gasteiger partial charge on any atom is -0.321 e. The van der Waals surface area contributed by atoms with Crippen LogP contribution in [-0.4, -0.2) is 15.5 Å². The fourth-order valence-electron chi connectivity index (χ4n) is 3.73. The number of amides is 1. The van der Waals surface area contributed by atoms with Crippen molar-refractivity contribution in [3.8, 4) is 5.69 Å². The molecular formula is C24H16IN3O2. The van der Waals surface area contributed by atoms with Crippen LogP contribution in [0, 0.1) is 10.5 Å². The van der Waals surface area contributed by atoms with Crippen LogP contribution in [-0.2, 0) is 4.79 Å². The van der Waals surface area contributed by atoms with Crippen LogP contribution >= 0.6 is 22.6 Å². The van der Waals surface area contributed by atoms with Crippen LogP contribution < -0.4 is 10.9 Å². The van der Waals surface area contributed by atoms with E-state index in [2.05, 4.69) is 27.9 Å². The largest absolute Gasteiger partial charge is 0.321 e. The number of rotatable bonds is 2. The Labute approximate surface area is 186 Å². The van der Waals surface area contributed by atoms with Crippen LogP contribution in [0.15, 0.2) is 71.5 Å². The van der Waals surface area contributed by atoms with Gasteiger partial charge >= 0.3 is 0 Å². The summed E-state index contributed by atoms with van der Waals surface area (Å²) < 4.78 is 2.56. The average molecular weight is 505 g/mol. The van der Waals surface area contributed by atoms with Gasteiger partial charge in [-0.05, 0) is 71.5 Å². The van der Waals surface area contributed by atoms with E-state index in [1.54, 1.807) is 10.6 Å². The molecule has 2 heterocycles.